The average Bonchev–Trinajstić information content (AvgIpc) is 1.60. The van der Waals surface area contributed by atoms with Crippen molar-refractivity contribution >= 4 is 95.1 Å². The number of aliphatic carboxylic acids is 4. The highest BCUT2D eigenvalue weighted by molar-refractivity contribution is 7.86. The largest absolute Gasteiger partial charge is 0.748 e. The predicted octanol–water partition coefficient (Wildman–Crippen LogP) is 7.91. The highest BCUT2D eigenvalue weighted by Crippen LogP contribution is 2.51. The lowest BCUT2D eigenvalue weighted by Gasteiger charge is -2.31. The number of urea groups is 1. The number of ether oxygens (including phenoxy) is 1. The summed E-state index contributed by atoms with van der Waals surface area (Å²) in [5.41, 5.74) is 5.37. The maximum Gasteiger partial charge on any atom is 0.326 e. The van der Waals surface area contributed by atoms with Crippen molar-refractivity contribution in [1.29, 1.82) is 0 Å². The fourth-order valence-corrected chi connectivity index (χ4v) is 14.4. The van der Waals surface area contributed by atoms with E-state index in [2.05, 4.69) is 40.4 Å². The van der Waals surface area contributed by atoms with E-state index >= 15 is 0 Å². The Bertz CT molecular complexity index is 4080. The molecule has 0 spiro atoms. The van der Waals surface area contributed by atoms with E-state index < -0.39 is 119 Å². The van der Waals surface area contributed by atoms with Crippen LogP contribution < -0.4 is 36.2 Å². The monoisotopic (exact) mass is 1490 g/mol. The number of allylic oxidation sites excluding steroid dienone is 7. The number of nitrogens with one attached hydrogen (secondary N) is 5. The molecule has 3 aromatic rings. The summed E-state index contributed by atoms with van der Waals surface area (Å²) >= 11 is 0. The zero-order valence-corrected chi connectivity index (χ0v) is 60.6. The molecule has 564 valence electrons. The molecule has 2 aliphatic heterocycles. The van der Waals surface area contributed by atoms with Crippen molar-refractivity contribution in [1.82, 2.24) is 26.6 Å². The number of carboxylic acid groups (broad SMARTS) is 4. The Labute approximate surface area is 600 Å². The number of carboxylic acids is 4. The number of anilines is 1. The molecule has 0 saturated heterocycles. The van der Waals surface area contributed by atoms with Crippen LogP contribution in [-0.2, 0) is 74.7 Å². The zero-order chi connectivity index (χ0) is 75.7. The van der Waals surface area contributed by atoms with Gasteiger partial charge in [0.1, 0.15) is 36.2 Å². The molecule has 1 aliphatic carbocycles. The van der Waals surface area contributed by atoms with Crippen LogP contribution in [0.25, 0.3) is 0 Å². The van der Waals surface area contributed by atoms with E-state index in [1.54, 1.807) is 0 Å². The minimum absolute atomic E-state index is 0.0297. The number of unbranched alkanes of at least 4 members (excludes halogenated alkanes) is 5. The molecular weight excluding hydrogens is 1400 g/mol. The van der Waals surface area contributed by atoms with Gasteiger partial charge in [0.2, 0.25) is 23.4 Å². The number of para-hydroxylation sites is 2. The molecule has 4 atom stereocenters. The van der Waals surface area contributed by atoms with E-state index in [1.165, 1.54) is 24.3 Å². The van der Waals surface area contributed by atoms with Crippen molar-refractivity contribution in [2.45, 2.75) is 196 Å². The first kappa shape index (κ1) is 83.1. The van der Waals surface area contributed by atoms with E-state index in [0.717, 1.165) is 45.1 Å². The number of carbonyl (C=O) groups is 8. The second-order valence-electron chi connectivity index (χ2n) is 26.5. The third-order valence-electron chi connectivity index (χ3n) is 18.3. The predicted molar refractivity (Wildman–Crippen MR) is 380 cm³/mol. The van der Waals surface area contributed by atoms with Gasteiger partial charge in [0, 0.05) is 92.0 Å². The lowest BCUT2D eigenvalue weighted by atomic mass is 9.77. The molecule has 5 amide bonds. The minimum atomic E-state index is -4.54. The maximum atomic E-state index is 13.5. The number of hydrogen-bond donors (Lipinski definition) is 11. The number of amides is 5. The van der Waals surface area contributed by atoms with Gasteiger partial charge in [-0.15, -0.1) is 0 Å². The summed E-state index contributed by atoms with van der Waals surface area (Å²) in [4.78, 5) is 98.6. The summed E-state index contributed by atoms with van der Waals surface area (Å²) in [6, 6.07) is 15.5. The first-order valence-electron chi connectivity index (χ1n) is 34.5. The number of benzene rings is 3. The van der Waals surface area contributed by atoms with E-state index in [4.69, 9.17) is 9.84 Å². The summed E-state index contributed by atoms with van der Waals surface area (Å²) in [7, 11) is -13.4. The van der Waals surface area contributed by atoms with Gasteiger partial charge >= 0.3 is 29.9 Å². The molecule has 11 N–H and O–H groups in total. The number of rotatable bonds is 44. The van der Waals surface area contributed by atoms with Gasteiger partial charge in [-0.3, -0.25) is 28.3 Å². The molecule has 0 bridgehead atoms. The van der Waals surface area contributed by atoms with Crippen LogP contribution in [0, 0.1) is 0 Å². The molecule has 1 unspecified atom stereocenters. The van der Waals surface area contributed by atoms with Crippen LogP contribution in [0.3, 0.4) is 0 Å². The molecular formula is C71H95N7O22S3. The Kier molecular flexibility index (Phi) is 31.2. The fraction of sp³-hybridized carbons (Fsp3) is 0.507. The second-order valence-corrected chi connectivity index (χ2v) is 31.0. The number of hydrogen-bond acceptors (Lipinski definition) is 17. The first-order valence-corrected chi connectivity index (χ1v) is 39.1. The molecule has 3 aliphatic rings. The molecule has 103 heavy (non-hydrogen) atoms. The molecule has 0 fully saturated rings. The smallest absolute Gasteiger partial charge is 0.326 e. The number of nitrogens with zero attached hydrogens (tertiary/aromatic N) is 2. The molecule has 6 rings (SSSR count). The minimum Gasteiger partial charge on any atom is -0.748 e. The average molecular weight is 1490 g/mol. The summed E-state index contributed by atoms with van der Waals surface area (Å²) in [6.45, 7) is 7.05. The maximum absolute atomic E-state index is 13.5. The lowest BCUT2D eigenvalue weighted by molar-refractivity contribution is -0.437. The Hall–Kier alpha value is -8.82. The van der Waals surface area contributed by atoms with Crippen molar-refractivity contribution < 1.29 is 107 Å². The molecule has 0 radical (unpaired) electrons. The number of carbonyl (C=O) groups excluding carboxylic acids is 4. The zero-order valence-electron chi connectivity index (χ0n) is 58.1. The van der Waals surface area contributed by atoms with Gasteiger partial charge in [0.05, 0.1) is 26.2 Å². The summed E-state index contributed by atoms with van der Waals surface area (Å²) in [5, 5.41) is 49.9. The van der Waals surface area contributed by atoms with Gasteiger partial charge in [0.25, 0.3) is 20.2 Å². The van der Waals surface area contributed by atoms with Gasteiger partial charge in [-0.05, 0) is 176 Å². The molecule has 2 heterocycles. The van der Waals surface area contributed by atoms with E-state index in [1.807, 2.05) is 89.2 Å². The van der Waals surface area contributed by atoms with Crippen LogP contribution in [-0.4, -0.2) is 173 Å². The quantitative estimate of drug-likeness (QED) is 0.0145. The highest BCUT2D eigenvalue weighted by atomic mass is 32.2. The van der Waals surface area contributed by atoms with Crippen LogP contribution >= 0.6 is 0 Å². The van der Waals surface area contributed by atoms with Crippen LogP contribution in [0.4, 0.5) is 16.2 Å². The third kappa shape index (κ3) is 26.1. The number of fused-ring (bicyclic) bond motifs is 2. The van der Waals surface area contributed by atoms with Gasteiger partial charge in [0.15, 0.2) is 5.71 Å². The SMILES string of the molecule is CC1(C)C(C=CC2=C(Oc3ccc(S(=O)(=O)O)cc3)C(=CC=C3N(CCCS(=O)(=O)O)c4ccccc4C3(C)CCCC(=O)NCCCC[C@H](NC(=O)CCCCCCC(=O)NCCCC[C@H](NC(=O)N[C@@H](CCC(=O)O)C(=O)O)C(=O)O)C(=O)O)CCC2)=[N+](CCCS(=O)(=O)[O-])c2ccccc21. The van der Waals surface area contributed by atoms with E-state index in [0.29, 0.717) is 82.8 Å². The van der Waals surface area contributed by atoms with Crippen molar-refractivity contribution in [2.24, 2.45) is 0 Å². The van der Waals surface area contributed by atoms with Crippen molar-refractivity contribution in [3.63, 3.8) is 0 Å². The third-order valence-corrected chi connectivity index (χ3v) is 20.8. The van der Waals surface area contributed by atoms with Crippen LogP contribution in [0.15, 0.2) is 125 Å². The second kappa shape index (κ2) is 38.6. The van der Waals surface area contributed by atoms with Crippen molar-refractivity contribution in [3.8, 4) is 5.75 Å². The normalized spacial score (nSPS) is 17.5. The van der Waals surface area contributed by atoms with Crippen LogP contribution in [0.2, 0.25) is 0 Å². The van der Waals surface area contributed by atoms with Gasteiger partial charge in [-0.25, -0.2) is 27.6 Å². The summed E-state index contributed by atoms with van der Waals surface area (Å²) < 4.78 is 112. The van der Waals surface area contributed by atoms with E-state index in [-0.39, 0.29) is 100 Å². The Balaban J connectivity index is 1.04. The molecule has 3 aromatic carbocycles. The van der Waals surface area contributed by atoms with Gasteiger partial charge in [-0.1, -0.05) is 55.3 Å². The molecule has 0 saturated carbocycles. The fourth-order valence-electron chi connectivity index (χ4n) is 13.0. The Morgan fingerprint density at radius 3 is 1.75 bits per heavy atom. The van der Waals surface area contributed by atoms with Crippen molar-refractivity contribution in [3.05, 3.63) is 131 Å². The van der Waals surface area contributed by atoms with Crippen molar-refractivity contribution in [2.75, 3.05) is 42.6 Å². The Morgan fingerprint density at radius 1 is 0.602 bits per heavy atom. The molecule has 32 heteroatoms. The summed E-state index contributed by atoms with van der Waals surface area (Å²) in [5.74, 6) is -6.59. The highest BCUT2D eigenvalue weighted by Gasteiger charge is 2.45. The van der Waals surface area contributed by atoms with Crippen LogP contribution in [0.5, 0.6) is 5.75 Å². The lowest BCUT2D eigenvalue weighted by Crippen LogP contribution is -2.51. The topological polar surface area (TPSA) is 459 Å². The molecule has 0 aromatic heterocycles. The Morgan fingerprint density at radius 2 is 1.17 bits per heavy atom. The van der Waals surface area contributed by atoms with Gasteiger partial charge in [-0.2, -0.15) is 21.4 Å². The van der Waals surface area contributed by atoms with E-state index in [9.17, 15) is 92.6 Å². The van der Waals surface area contributed by atoms with Crippen LogP contribution in [0.1, 0.15) is 173 Å². The standard InChI is InChI=1S/C71H95N7O22S3/c1-70(2)52-22-8-10-26-57(52)77(44-18-46-101(91,92)93)59(70)38-31-48-20-16-21-49(65(48)100-50-33-35-51(36-34-50)103(97,98)99)32-39-60-71(3,53-23-9-11-27-58(53)78(60)45-19-47-102(94,95)96)41-17-30-62(80)73-43-14-12-24-54(66(84)85)74-63(81)29-7-5-4-6-28-61(79)72-42-15-13-25-55(67(86)87)75-69(90)76-56(68(88)89)37-40-64(82)83/h8-11,22-23,26-27,31-36,38-39,54-56H,4-7,12-21,24-25,28-30,37,40-47H2,1-3H3,(H11-,72,73,74,75,76,79,80,81,82,83,84,85,86,87,88,89,90,91,92,93,94,95,96,97,98,99)/t54-,55-,56-,71?/m0/s1. The summed E-state index contributed by atoms with van der Waals surface area (Å²) in [6.07, 6.45) is 13.6. The van der Waals surface area contributed by atoms with Gasteiger partial charge < -0.3 is 61.2 Å². The first-order chi connectivity index (χ1) is 48.6. The molecule has 29 nitrogen and oxygen atoms in total.